The van der Waals surface area contributed by atoms with E-state index in [0.717, 1.165) is 47.9 Å². The highest BCUT2D eigenvalue weighted by atomic mass is 32.2. The van der Waals surface area contributed by atoms with Crippen molar-refractivity contribution < 1.29 is 42.6 Å². The van der Waals surface area contributed by atoms with Crippen LogP contribution in [0.1, 0.15) is 73.1 Å². The number of hydrogen-bond donors (Lipinski definition) is 2. The number of pyridine rings is 1. The van der Waals surface area contributed by atoms with Gasteiger partial charge in [-0.05, 0) is 128 Å². The molecule has 0 saturated heterocycles. The molecule has 1 fully saturated rings. The first-order valence-electron chi connectivity index (χ1n) is 22.9. The number of unbranched alkanes of at least 4 members (excludes halogenated alkanes) is 2. The van der Waals surface area contributed by atoms with E-state index in [-0.39, 0.29) is 61.2 Å². The Bertz CT molecular complexity index is 2770. The first-order chi connectivity index (χ1) is 32.4. The molecule has 67 heavy (non-hydrogen) atoms. The van der Waals surface area contributed by atoms with Crippen LogP contribution in [0.2, 0.25) is 0 Å². The van der Waals surface area contributed by atoms with Crippen LogP contribution in [-0.2, 0) is 26.2 Å². The third kappa shape index (κ3) is 9.61. The molecule has 0 radical (unpaired) electrons. The average molecular weight is 931 g/mol. The Balaban J connectivity index is 1.33. The molecular formula is C52H58N4O10S. The molecule has 6 atom stereocenters. The first kappa shape index (κ1) is 47.5. The largest absolute Gasteiger partial charge is 0.460 e. The van der Waals surface area contributed by atoms with Crippen molar-refractivity contribution in [3.63, 3.8) is 0 Å². The lowest BCUT2D eigenvalue weighted by Crippen LogP contribution is -2.69. The van der Waals surface area contributed by atoms with Gasteiger partial charge in [-0.1, -0.05) is 54.4 Å². The lowest BCUT2D eigenvalue weighted by atomic mass is 9.55. The zero-order chi connectivity index (χ0) is 47.3. The summed E-state index contributed by atoms with van der Waals surface area (Å²) < 4.78 is 52.8. The summed E-state index contributed by atoms with van der Waals surface area (Å²) in [4.78, 5) is 21.6. The Labute approximate surface area is 391 Å². The number of aliphatic hydroxyl groups excluding tert-OH is 2. The van der Waals surface area contributed by atoms with Crippen LogP contribution in [0, 0.1) is 41.7 Å². The monoisotopic (exact) mass is 930 g/mol. The molecule has 1 aromatic heterocycles. The van der Waals surface area contributed by atoms with Crippen LogP contribution >= 0.6 is 0 Å². The summed E-state index contributed by atoms with van der Waals surface area (Å²) >= 11 is 0. The number of aryl methyl sites for hydroxylation is 2. The van der Waals surface area contributed by atoms with Crippen LogP contribution in [0.4, 0.5) is 5.69 Å². The molecule has 1 aliphatic heterocycles. The standard InChI is InChI=1S/C52H58N4O10S/c1-5-28-63-52-48(55(4)67(61,62)47-16-10-13-37-14-11-25-53-51(37)47)32-45(54-64-33-36-18-20-39(21-19-36)56(59)60)43-30-38(12-6-8-26-57)42(15-7-9-27-58)49(50(43)52)44-31-41(23-24-46(44)66-52)65-40-22-17-34(2)35(3)29-40/h5,10-11,13-14,16-25,29-31,38,42,48-50,57-58H,1,6-9,12,15,26-28,32-33H2,2-4H3. The average Bonchev–Trinajstić information content (AvgIpc) is 3.33. The molecule has 4 aromatic carbocycles. The number of oxime groups is 1. The molecule has 8 rings (SSSR count). The van der Waals surface area contributed by atoms with Gasteiger partial charge in [0.25, 0.3) is 5.69 Å². The molecule has 5 aromatic rings. The van der Waals surface area contributed by atoms with Gasteiger partial charge in [0.2, 0.25) is 15.8 Å². The number of benzene rings is 4. The lowest BCUT2D eigenvalue weighted by Gasteiger charge is -2.59. The summed E-state index contributed by atoms with van der Waals surface area (Å²) in [5.74, 6) is -0.941. The van der Waals surface area contributed by atoms with Gasteiger partial charge in [-0.15, -0.1) is 6.58 Å². The van der Waals surface area contributed by atoms with E-state index in [1.165, 1.54) is 16.4 Å². The number of sulfonamides is 1. The molecule has 0 bridgehead atoms. The molecule has 0 spiro atoms. The van der Waals surface area contributed by atoms with E-state index < -0.39 is 32.7 Å². The minimum Gasteiger partial charge on any atom is -0.460 e. The maximum Gasteiger partial charge on any atom is 0.269 e. The highest BCUT2D eigenvalue weighted by molar-refractivity contribution is 7.89. The lowest BCUT2D eigenvalue weighted by molar-refractivity contribution is -0.384. The Hall–Kier alpha value is -5.97. The zero-order valence-corrected chi connectivity index (χ0v) is 38.9. The second-order valence-electron chi connectivity index (χ2n) is 17.7. The third-order valence-corrected chi connectivity index (χ3v) is 15.5. The number of para-hydroxylation sites is 1. The summed E-state index contributed by atoms with van der Waals surface area (Å²) in [6.45, 7) is 8.19. The van der Waals surface area contributed by atoms with E-state index in [1.807, 2.05) is 55.5 Å². The number of rotatable bonds is 20. The molecule has 14 nitrogen and oxygen atoms in total. The maximum absolute atomic E-state index is 15.3. The van der Waals surface area contributed by atoms with Crippen LogP contribution in [0.5, 0.6) is 17.2 Å². The number of fused-ring (bicyclic) bond motifs is 3. The van der Waals surface area contributed by atoms with Crippen molar-refractivity contribution in [2.45, 2.75) is 88.0 Å². The van der Waals surface area contributed by atoms with Gasteiger partial charge in [0, 0.05) is 61.9 Å². The second-order valence-corrected chi connectivity index (χ2v) is 19.6. The van der Waals surface area contributed by atoms with Crippen LogP contribution < -0.4 is 9.47 Å². The fourth-order valence-electron chi connectivity index (χ4n) is 10.2. The van der Waals surface area contributed by atoms with Gasteiger partial charge in [-0.3, -0.25) is 15.1 Å². The highest BCUT2D eigenvalue weighted by Gasteiger charge is 2.65. The number of nitro benzene ring substituents is 1. The van der Waals surface area contributed by atoms with Gasteiger partial charge in [-0.25, -0.2) is 8.42 Å². The summed E-state index contributed by atoms with van der Waals surface area (Å²) in [6.07, 6.45) is 9.60. The molecule has 3 aliphatic rings. The summed E-state index contributed by atoms with van der Waals surface area (Å²) in [5, 5.41) is 36.9. The normalized spacial score (nSPS) is 22.7. The van der Waals surface area contributed by atoms with E-state index in [1.54, 1.807) is 49.7 Å². The van der Waals surface area contributed by atoms with E-state index >= 15 is 8.42 Å². The van der Waals surface area contributed by atoms with Gasteiger partial charge < -0.3 is 29.3 Å². The molecular weight excluding hydrogens is 873 g/mol. The van der Waals surface area contributed by atoms with Gasteiger partial charge in [0.15, 0.2) is 0 Å². The molecule has 2 aliphatic carbocycles. The minimum atomic E-state index is -4.34. The summed E-state index contributed by atoms with van der Waals surface area (Å²) in [5.41, 5.74) is 5.34. The van der Waals surface area contributed by atoms with Crippen molar-refractivity contribution in [3.8, 4) is 17.2 Å². The van der Waals surface area contributed by atoms with Gasteiger partial charge in [-0.2, -0.15) is 4.31 Å². The summed E-state index contributed by atoms with van der Waals surface area (Å²) in [7, 11) is -2.80. The number of ether oxygens (including phenoxy) is 3. The van der Waals surface area contributed by atoms with Crippen molar-refractivity contribution in [2.75, 3.05) is 26.9 Å². The quantitative estimate of drug-likeness (QED) is 0.0328. The van der Waals surface area contributed by atoms with Crippen LogP contribution in [0.3, 0.4) is 0 Å². The van der Waals surface area contributed by atoms with Crippen molar-refractivity contribution in [1.82, 2.24) is 9.29 Å². The second kappa shape index (κ2) is 20.5. The number of non-ortho nitro benzene ring substituents is 1. The molecule has 0 amide bonds. The fraction of sp³-hybridized carbons (Fsp3) is 0.385. The summed E-state index contributed by atoms with van der Waals surface area (Å²) in [6, 6.07) is 25.4. The van der Waals surface area contributed by atoms with Crippen LogP contribution in [0.25, 0.3) is 10.9 Å². The first-order valence-corrected chi connectivity index (χ1v) is 24.3. The third-order valence-electron chi connectivity index (χ3n) is 13.6. The number of hydrogen-bond acceptors (Lipinski definition) is 12. The maximum atomic E-state index is 15.3. The Morgan fingerprint density at radius 2 is 1.69 bits per heavy atom. The Morgan fingerprint density at radius 1 is 0.955 bits per heavy atom. The van der Waals surface area contributed by atoms with Gasteiger partial charge in [0.1, 0.15) is 28.8 Å². The smallest absolute Gasteiger partial charge is 0.269 e. The molecule has 6 unspecified atom stereocenters. The number of likely N-dealkylation sites (N-methyl/N-ethyl adjacent to an activating group) is 1. The van der Waals surface area contributed by atoms with E-state index in [9.17, 15) is 20.3 Å². The SMILES string of the molecule is C=CCOC12Oc3ccc(Oc4ccc(C)c(C)c4)cc3C3C(CCCCO)C(CCCCO)C=C(C(=NOCc4ccc([N+](=O)[O-])cc4)CC1N(C)S(=O)(=O)c1cccc4cccnc14)C32. The Morgan fingerprint density at radius 3 is 2.42 bits per heavy atom. The number of nitro groups is 1. The number of aromatic nitrogens is 1. The Kier molecular flexibility index (Phi) is 14.5. The van der Waals surface area contributed by atoms with Crippen LogP contribution in [-0.4, -0.2) is 77.3 Å². The van der Waals surface area contributed by atoms with E-state index in [4.69, 9.17) is 24.2 Å². The fourth-order valence-corrected chi connectivity index (χ4v) is 11.7. The van der Waals surface area contributed by atoms with Crippen molar-refractivity contribution in [3.05, 3.63) is 154 Å². The number of allylic oxidation sites excluding steroid dienone is 1. The van der Waals surface area contributed by atoms with Gasteiger partial charge >= 0.3 is 0 Å². The number of nitrogens with zero attached hydrogens (tertiary/aromatic N) is 4. The zero-order valence-electron chi connectivity index (χ0n) is 38.1. The van der Waals surface area contributed by atoms with Crippen molar-refractivity contribution >= 4 is 32.3 Å². The molecule has 2 heterocycles. The molecule has 1 saturated carbocycles. The minimum absolute atomic E-state index is 0.0102. The predicted octanol–water partition coefficient (Wildman–Crippen LogP) is 9.71. The predicted molar refractivity (Wildman–Crippen MR) is 256 cm³/mol. The molecule has 15 heteroatoms. The van der Waals surface area contributed by atoms with Crippen LogP contribution in [0.15, 0.2) is 132 Å². The van der Waals surface area contributed by atoms with E-state index in [2.05, 4.69) is 24.6 Å². The topological polar surface area (TPSA) is 183 Å². The molecule has 352 valence electrons. The molecule has 2 N–H and O–H groups in total. The van der Waals surface area contributed by atoms with Crippen molar-refractivity contribution in [2.24, 2.45) is 22.9 Å². The van der Waals surface area contributed by atoms with E-state index in [0.29, 0.717) is 52.3 Å². The van der Waals surface area contributed by atoms with Gasteiger partial charge in [0.05, 0.1) is 34.7 Å². The van der Waals surface area contributed by atoms with Crippen molar-refractivity contribution in [1.29, 1.82) is 0 Å². The highest BCUT2D eigenvalue weighted by Crippen LogP contribution is 2.62. The number of aliphatic hydroxyl groups is 2.